The molecular weight excluding hydrogens is 461 g/mol. The number of para-hydroxylation sites is 1. The third-order valence-electron chi connectivity index (χ3n) is 4.14. The molecule has 3 amide bonds. The van der Waals surface area contributed by atoms with E-state index in [9.17, 15) is 14.4 Å². The van der Waals surface area contributed by atoms with Gasteiger partial charge in [-0.1, -0.05) is 46.9 Å². The third-order valence-corrected chi connectivity index (χ3v) is 4.95. The highest BCUT2D eigenvalue weighted by atomic mass is 35.5. The average molecular weight is 477 g/mol. The van der Waals surface area contributed by atoms with Crippen molar-refractivity contribution >= 4 is 63.9 Å². The van der Waals surface area contributed by atoms with Crippen molar-refractivity contribution in [3.63, 3.8) is 0 Å². The van der Waals surface area contributed by atoms with E-state index in [1.807, 2.05) is 0 Å². The van der Waals surface area contributed by atoms with Gasteiger partial charge in [0, 0.05) is 15.6 Å². The molecule has 9 heteroatoms. The Balaban J connectivity index is 1.64. The Bertz CT molecular complexity index is 1130. The summed E-state index contributed by atoms with van der Waals surface area (Å²) in [6.07, 6.45) is 0. The van der Waals surface area contributed by atoms with Gasteiger partial charge < -0.3 is 16.0 Å². The SMILES string of the molecule is O=C(CNC(=O)c1ccccc1NC(=O)c1ccc(Cl)cc1)Nc1cc(Cl)ccc1Cl. The monoisotopic (exact) mass is 475 g/mol. The summed E-state index contributed by atoms with van der Waals surface area (Å²) in [5.41, 5.74) is 1.23. The summed E-state index contributed by atoms with van der Waals surface area (Å²) >= 11 is 17.8. The maximum Gasteiger partial charge on any atom is 0.255 e. The van der Waals surface area contributed by atoms with Crippen molar-refractivity contribution in [1.82, 2.24) is 5.32 Å². The molecular formula is C22H16Cl3N3O3. The van der Waals surface area contributed by atoms with Crippen molar-refractivity contribution < 1.29 is 14.4 Å². The molecule has 0 heterocycles. The quantitative estimate of drug-likeness (QED) is 0.453. The second-order valence-electron chi connectivity index (χ2n) is 6.36. The Labute approximate surface area is 193 Å². The number of anilines is 2. The van der Waals surface area contributed by atoms with Crippen molar-refractivity contribution in [3.8, 4) is 0 Å². The van der Waals surface area contributed by atoms with E-state index in [1.54, 1.807) is 60.7 Å². The fraction of sp³-hybridized carbons (Fsp3) is 0.0455. The predicted octanol–water partition coefficient (Wildman–Crippen LogP) is 5.27. The van der Waals surface area contributed by atoms with Crippen LogP contribution in [0.3, 0.4) is 0 Å². The number of carbonyl (C=O) groups excluding carboxylic acids is 3. The highest BCUT2D eigenvalue weighted by molar-refractivity contribution is 6.35. The first kappa shape index (κ1) is 22.6. The van der Waals surface area contributed by atoms with Gasteiger partial charge in [-0.15, -0.1) is 0 Å². The summed E-state index contributed by atoms with van der Waals surface area (Å²) in [5, 5.41) is 9.03. The van der Waals surface area contributed by atoms with Crippen LogP contribution in [0.15, 0.2) is 66.7 Å². The fourth-order valence-corrected chi connectivity index (χ4v) is 3.09. The van der Waals surface area contributed by atoms with Gasteiger partial charge in [0.05, 0.1) is 28.5 Å². The zero-order valence-electron chi connectivity index (χ0n) is 15.9. The molecule has 3 aromatic rings. The molecule has 158 valence electrons. The molecule has 0 unspecified atom stereocenters. The molecule has 0 aromatic heterocycles. The topological polar surface area (TPSA) is 87.3 Å². The highest BCUT2D eigenvalue weighted by Crippen LogP contribution is 2.25. The molecule has 0 atom stereocenters. The Kier molecular flexibility index (Phi) is 7.52. The number of amides is 3. The maximum absolute atomic E-state index is 12.6. The van der Waals surface area contributed by atoms with Gasteiger partial charge >= 0.3 is 0 Å². The molecule has 3 aromatic carbocycles. The minimum absolute atomic E-state index is 0.207. The number of nitrogens with one attached hydrogen (secondary N) is 3. The van der Waals surface area contributed by atoms with Gasteiger partial charge in [0.1, 0.15) is 0 Å². The second-order valence-corrected chi connectivity index (χ2v) is 7.64. The zero-order chi connectivity index (χ0) is 22.4. The number of rotatable bonds is 6. The number of halogens is 3. The molecule has 0 spiro atoms. The molecule has 0 bridgehead atoms. The van der Waals surface area contributed by atoms with Crippen LogP contribution in [0, 0.1) is 0 Å². The molecule has 0 saturated carbocycles. The van der Waals surface area contributed by atoms with E-state index in [0.717, 1.165) is 0 Å². The highest BCUT2D eigenvalue weighted by Gasteiger charge is 2.15. The molecule has 0 radical (unpaired) electrons. The maximum atomic E-state index is 12.6. The van der Waals surface area contributed by atoms with Gasteiger partial charge in [-0.2, -0.15) is 0 Å². The van der Waals surface area contributed by atoms with Gasteiger partial charge in [0.2, 0.25) is 5.91 Å². The molecule has 3 N–H and O–H groups in total. The number of carbonyl (C=O) groups is 3. The summed E-state index contributed by atoms with van der Waals surface area (Å²) < 4.78 is 0. The van der Waals surface area contributed by atoms with Gasteiger partial charge in [-0.3, -0.25) is 14.4 Å². The Morgan fingerprint density at radius 2 is 1.39 bits per heavy atom. The minimum atomic E-state index is -0.528. The first-order valence-electron chi connectivity index (χ1n) is 9.02. The first-order valence-corrected chi connectivity index (χ1v) is 10.2. The van der Waals surface area contributed by atoms with Crippen molar-refractivity contribution in [2.24, 2.45) is 0 Å². The molecule has 0 fully saturated rings. The minimum Gasteiger partial charge on any atom is -0.343 e. The Morgan fingerprint density at radius 3 is 2.13 bits per heavy atom. The number of hydrogen-bond acceptors (Lipinski definition) is 3. The van der Waals surface area contributed by atoms with Crippen LogP contribution in [-0.2, 0) is 4.79 Å². The van der Waals surface area contributed by atoms with Crippen molar-refractivity contribution in [2.75, 3.05) is 17.2 Å². The molecule has 31 heavy (non-hydrogen) atoms. The van der Waals surface area contributed by atoms with E-state index in [2.05, 4.69) is 16.0 Å². The lowest BCUT2D eigenvalue weighted by molar-refractivity contribution is -0.115. The second kappa shape index (κ2) is 10.3. The standard InChI is InChI=1S/C22H16Cl3N3O3/c23-14-7-5-13(6-8-14)21(30)28-18-4-2-1-3-16(18)22(31)26-12-20(29)27-19-11-15(24)9-10-17(19)25/h1-11H,12H2,(H,26,31)(H,27,29)(H,28,30). The molecule has 3 rings (SSSR count). The molecule has 0 aliphatic carbocycles. The Hall–Kier alpha value is -3.06. The van der Waals surface area contributed by atoms with E-state index in [1.165, 1.54) is 6.07 Å². The van der Waals surface area contributed by atoms with Crippen molar-refractivity contribution in [1.29, 1.82) is 0 Å². The lowest BCUT2D eigenvalue weighted by atomic mass is 10.1. The van der Waals surface area contributed by atoms with Gasteiger partial charge in [0.25, 0.3) is 11.8 Å². The van der Waals surface area contributed by atoms with Gasteiger partial charge in [-0.25, -0.2) is 0 Å². The lowest BCUT2D eigenvalue weighted by Crippen LogP contribution is -2.33. The van der Waals surface area contributed by atoms with Crippen LogP contribution in [0.1, 0.15) is 20.7 Å². The smallest absolute Gasteiger partial charge is 0.255 e. The summed E-state index contributed by atoms with van der Waals surface area (Å²) in [7, 11) is 0. The van der Waals surface area contributed by atoms with Crippen LogP contribution in [0.25, 0.3) is 0 Å². The van der Waals surface area contributed by atoms with Crippen LogP contribution < -0.4 is 16.0 Å². The summed E-state index contributed by atoms with van der Waals surface area (Å²) in [4.78, 5) is 37.2. The molecule has 0 aliphatic rings. The number of benzene rings is 3. The molecule has 0 aliphatic heterocycles. The van der Waals surface area contributed by atoms with Crippen molar-refractivity contribution in [2.45, 2.75) is 0 Å². The molecule has 6 nitrogen and oxygen atoms in total. The predicted molar refractivity (Wildman–Crippen MR) is 123 cm³/mol. The van der Waals surface area contributed by atoms with E-state index >= 15 is 0 Å². The number of hydrogen-bond donors (Lipinski definition) is 3. The van der Waals surface area contributed by atoms with Gasteiger partial charge in [-0.05, 0) is 54.6 Å². The van der Waals surface area contributed by atoms with Crippen LogP contribution in [0.2, 0.25) is 15.1 Å². The van der Waals surface area contributed by atoms with Gasteiger partial charge in [0.15, 0.2) is 0 Å². The van der Waals surface area contributed by atoms with E-state index < -0.39 is 17.7 Å². The van der Waals surface area contributed by atoms with E-state index in [-0.39, 0.29) is 12.1 Å². The summed E-state index contributed by atoms with van der Waals surface area (Å²) in [6.45, 7) is -0.304. The van der Waals surface area contributed by atoms with E-state index in [0.29, 0.717) is 32.0 Å². The molecule has 0 saturated heterocycles. The van der Waals surface area contributed by atoms with Crippen LogP contribution in [-0.4, -0.2) is 24.3 Å². The van der Waals surface area contributed by atoms with Crippen LogP contribution in [0.5, 0.6) is 0 Å². The van der Waals surface area contributed by atoms with Crippen molar-refractivity contribution in [3.05, 3.63) is 92.9 Å². The zero-order valence-corrected chi connectivity index (χ0v) is 18.2. The average Bonchev–Trinajstić information content (AvgIpc) is 2.75. The van der Waals surface area contributed by atoms with Crippen LogP contribution in [0.4, 0.5) is 11.4 Å². The normalized spacial score (nSPS) is 10.3. The van der Waals surface area contributed by atoms with E-state index in [4.69, 9.17) is 34.8 Å². The largest absolute Gasteiger partial charge is 0.343 e. The summed E-state index contributed by atoms with van der Waals surface area (Å²) in [5.74, 6) is -1.41. The summed E-state index contributed by atoms with van der Waals surface area (Å²) in [6, 6.07) is 17.5. The Morgan fingerprint density at radius 1 is 0.710 bits per heavy atom. The lowest BCUT2D eigenvalue weighted by Gasteiger charge is -2.12. The van der Waals surface area contributed by atoms with Crippen LogP contribution >= 0.6 is 34.8 Å². The fourth-order valence-electron chi connectivity index (χ4n) is 2.63. The first-order chi connectivity index (χ1) is 14.8. The third kappa shape index (κ3) is 6.21.